The number of halogens is 3. The summed E-state index contributed by atoms with van der Waals surface area (Å²) >= 11 is 0. The molecular formula is C13H17F3N2O2S. The minimum absolute atomic E-state index is 0.101. The molecule has 0 amide bonds. The molecule has 0 atom stereocenters. The number of benzene rings is 1. The molecule has 0 unspecified atom stereocenters. The molecule has 1 saturated heterocycles. The van der Waals surface area contributed by atoms with Gasteiger partial charge >= 0.3 is 5.51 Å². The number of sulfone groups is 1. The van der Waals surface area contributed by atoms with Crippen molar-refractivity contribution in [3.8, 4) is 0 Å². The Morgan fingerprint density at radius 3 is 2.43 bits per heavy atom. The first-order valence-corrected chi connectivity index (χ1v) is 7.93. The molecule has 1 aliphatic rings. The molecule has 1 aliphatic heterocycles. The van der Waals surface area contributed by atoms with Crippen molar-refractivity contribution < 1.29 is 21.6 Å². The van der Waals surface area contributed by atoms with Crippen molar-refractivity contribution in [3.63, 3.8) is 0 Å². The lowest BCUT2D eigenvalue weighted by atomic mass is 10.0. The number of alkyl halides is 3. The smallest absolute Gasteiger partial charge is 0.367 e. The summed E-state index contributed by atoms with van der Waals surface area (Å²) < 4.78 is 61.8. The Morgan fingerprint density at radius 2 is 1.86 bits per heavy atom. The van der Waals surface area contributed by atoms with Gasteiger partial charge in [0.1, 0.15) is 0 Å². The Balaban J connectivity index is 2.48. The van der Waals surface area contributed by atoms with Gasteiger partial charge < -0.3 is 10.2 Å². The normalized spacial score (nSPS) is 19.6. The zero-order valence-corrected chi connectivity index (χ0v) is 12.6. The summed E-state index contributed by atoms with van der Waals surface area (Å²) in [6, 6.07) is 5.27. The Kier molecular flexibility index (Phi) is 3.96. The van der Waals surface area contributed by atoms with Gasteiger partial charge in [-0.15, -0.1) is 0 Å². The van der Waals surface area contributed by atoms with E-state index >= 15 is 0 Å². The quantitative estimate of drug-likeness (QED) is 0.907. The average Bonchev–Trinajstić information content (AvgIpc) is 2.36. The molecule has 0 aromatic heterocycles. The summed E-state index contributed by atoms with van der Waals surface area (Å²) in [7, 11) is -5.36. The van der Waals surface area contributed by atoms with E-state index in [-0.39, 0.29) is 11.2 Å². The Morgan fingerprint density at radius 1 is 1.24 bits per heavy atom. The molecule has 1 N–H and O–H groups in total. The average molecular weight is 322 g/mol. The third-order valence-corrected chi connectivity index (χ3v) is 4.91. The molecule has 8 heteroatoms. The molecule has 0 spiro atoms. The van der Waals surface area contributed by atoms with Crippen molar-refractivity contribution in [2.75, 3.05) is 24.5 Å². The minimum Gasteiger partial charge on any atom is -0.367 e. The van der Waals surface area contributed by atoms with Crippen molar-refractivity contribution in [1.29, 1.82) is 0 Å². The van der Waals surface area contributed by atoms with Gasteiger partial charge in [-0.1, -0.05) is 12.1 Å². The fourth-order valence-corrected chi connectivity index (χ4v) is 3.40. The van der Waals surface area contributed by atoms with Crippen molar-refractivity contribution in [1.82, 2.24) is 5.32 Å². The molecule has 1 fully saturated rings. The number of rotatable bonds is 2. The van der Waals surface area contributed by atoms with Crippen LogP contribution in [-0.2, 0) is 9.84 Å². The van der Waals surface area contributed by atoms with Gasteiger partial charge in [-0.2, -0.15) is 13.2 Å². The van der Waals surface area contributed by atoms with E-state index < -0.39 is 20.2 Å². The van der Waals surface area contributed by atoms with Crippen molar-refractivity contribution in [2.24, 2.45) is 0 Å². The van der Waals surface area contributed by atoms with Crippen LogP contribution in [0.3, 0.4) is 0 Å². The molecule has 21 heavy (non-hydrogen) atoms. The number of anilines is 1. The molecule has 1 aromatic rings. The highest BCUT2D eigenvalue weighted by atomic mass is 32.2. The van der Waals surface area contributed by atoms with E-state index in [1.54, 1.807) is 11.0 Å². The fourth-order valence-electron chi connectivity index (χ4n) is 2.42. The maximum Gasteiger partial charge on any atom is 0.501 e. The second-order valence-corrected chi connectivity index (χ2v) is 7.56. The molecule has 2 rings (SSSR count). The van der Waals surface area contributed by atoms with Crippen molar-refractivity contribution in [2.45, 2.75) is 29.8 Å². The molecule has 4 nitrogen and oxygen atoms in total. The summed E-state index contributed by atoms with van der Waals surface area (Å²) in [6.07, 6.45) is 0. The third-order valence-electron chi connectivity index (χ3n) is 3.37. The van der Waals surface area contributed by atoms with E-state index in [2.05, 4.69) is 5.32 Å². The number of nitrogens with zero attached hydrogens (tertiary/aromatic N) is 1. The topological polar surface area (TPSA) is 49.4 Å². The summed E-state index contributed by atoms with van der Waals surface area (Å²) in [6.45, 7) is 5.29. The summed E-state index contributed by atoms with van der Waals surface area (Å²) in [4.78, 5) is 0.991. The number of nitrogens with one attached hydrogen (secondary N) is 1. The zero-order chi connectivity index (χ0) is 15.9. The van der Waals surface area contributed by atoms with E-state index in [0.29, 0.717) is 19.6 Å². The van der Waals surface area contributed by atoms with Crippen LogP contribution in [0, 0.1) is 0 Å². The van der Waals surface area contributed by atoms with Crippen LogP contribution in [0.4, 0.5) is 18.9 Å². The molecule has 0 bridgehead atoms. The monoisotopic (exact) mass is 322 g/mol. The van der Waals surface area contributed by atoms with Gasteiger partial charge in [0.25, 0.3) is 9.84 Å². The van der Waals surface area contributed by atoms with Gasteiger partial charge in [0, 0.05) is 25.2 Å². The second kappa shape index (κ2) is 5.17. The first-order valence-electron chi connectivity index (χ1n) is 6.45. The van der Waals surface area contributed by atoms with Crippen LogP contribution in [-0.4, -0.2) is 39.1 Å². The van der Waals surface area contributed by atoms with Crippen LogP contribution in [0.15, 0.2) is 29.2 Å². The number of hydrogen-bond donors (Lipinski definition) is 1. The number of hydrogen-bond acceptors (Lipinski definition) is 4. The highest BCUT2D eigenvalue weighted by Crippen LogP contribution is 2.36. The minimum atomic E-state index is -5.36. The SMILES string of the molecule is CC1(C)CN(c2ccccc2S(=O)(=O)C(F)(F)F)CCN1. The van der Waals surface area contributed by atoms with Crippen LogP contribution < -0.4 is 10.2 Å². The second-order valence-electron chi connectivity index (χ2n) is 5.65. The third kappa shape index (κ3) is 3.16. The summed E-state index contributed by atoms with van der Waals surface area (Å²) in [5.41, 5.74) is -5.50. The van der Waals surface area contributed by atoms with Gasteiger partial charge in [-0.05, 0) is 26.0 Å². The molecule has 0 radical (unpaired) electrons. The Labute approximate surface area is 121 Å². The van der Waals surface area contributed by atoms with E-state index in [0.717, 1.165) is 6.07 Å². The maximum atomic E-state index is 12.8. The number of para-hydroxylation sites is 1. The van der Waals surface area contributed by atoms with Crippen LogP contribution in [0.25, 0.3) is 0 Å². The van der Waals surface area contributed by atoms with Gasteiger partial charge in [-0.3, -0.25) is 0 Å². The van der Waals surface area contributed by atoms with Crippen molar-refractivity contribution >= 4 is 15.5 Å². The van der Waals surface area contributed by atoms with Crippen LogP contribution in [0.5, 0.6) is 0 Å². The number of piperazine rings is 1. The predicted octanol–water partition coefficient (Wildman–Crippen LogP) is 2.17. The van der Waals surface area contributed by atoms with E-state index in [9.17, 15) is 21.6 Å². The summed E-state index contributed by atoms with van der Waals surface area (Å²) in [5.74, 6) is 0. The fraction of sp³-hybridized carbons (Fsp3) is 0.538. The molecule has 0 saturated carbocycles. The standard InChI is InChI=1S/C13H17F3N2O2S/c1-12(2)9-18(8-7-17-12)10-5-3-4-6-11(10)21(19,20)13(14,15)16/h3-6,17H,7-9H2,1-2H3. The largest absolute Gasteiger partial charge is 0.501 e. The lowest BCUT2D eigenvalue weighted by Gasteiger charge is -2.41. The van der Waals surface area contributed by atoms with Crippen LogP contribution >= 0.6 is 0 Å². The van der Waals surface area contributed by atoms with Crippen LogP contribution in [0.2, 0.25) is 0 Å². The van der Waals surface area contributed by atoms with Gasteiger partial charge in [0.2, 0.25) is 0 Å². The lowest BCUT2D eigenvalue weighted by Crippen LogP contribution is -2.57. The highest BCUT2D eigenvalue weighted by Gasteiger charge is 2.48. The zero-order valence-electron chi connectivity index (χ0n) is 11.7. The molecule has 118 valence electrons. The maximum absolute atomic E-state index is 12.8. The predicted molar refractivity (Wildman–Crippen MR) is 74.0 cm³/mol. The molecule has 0 aliphatic carbocycles. The highest BCUT2D eigenvalue weighted by molar-refractivity contribution is 7.92. The summed E-state index contributed by atoms with van der Waals surface area (Å²) in [5, 5.41) is 3.23. The first-order chi connectivity index (χ1) is 9.55. The van der Waals surface area contributed by atoms with Gasteiger partial charge in [0.05, 0.1) is 10.6 Å². The van der Waals surface area contributed by atoms with Gasteiger partial charge in [0.15, 0.2) is 0 Å². The van der Waals surface area contributed by atoms with E-state index in [4.69, 9.17) is 0 Å². The lowest BCUT2D eigenvalue weighted by molar-refractivity contribution is -0.0435. The van der Waals surface area contributed by atoms with E-state index in [1.807, 2.05) is 13.8 Å². The molecule has 1 aromatic carbocycles. The first kappa shape index (κ1) is 16.1. The Hall–Kier alpha value is -1.28. The van der Waals surface area contributed by atoms with Crippen LogP contribution in [0.1, 0.15) is 13.8 Å². The van der Waals surface area contributed by atoms with E-state index in [1.165, 1.54) is 12.1 Å². The molecular weight excluding hydrogens is 305 g/mol. The Bertz CT molecular complexity index is 627. The van der Waals surface area contributed by atoms with Gasteiger partial charge in [-0.25, -0.2) is 8.42 Å². The van der Waals surface area contributed by atoms with Crippen molar-refractivity contribution in [3.05, 3.63) is 24.3 Å². The molecule has 1 heterocycles.